The molecule has 8 nitrogen and oxygen atoms in total. The molecular formula is C22H22N4O4. The van der Waals surface area contributed by atoms with Crippen molar-refractivity contribution in [2.24, 2.45) is 0 Å². The monoisotopic (exact) mass is 406 g/mol. The third kappa shape index (κ3) is 5.11. The van der Waals surface area contributed by atoms with Crippen LogP contribution in [-0.2, 0) is 11.3 Å². The van der Waals surface area contributed by atoms with E-state index in [1.165, 1.54) is 30.8 Å². The molecule has 8 heteroatoms. The maximum atomic E-state index is 12.7. The van der Waals surface area contributed by atoms with Crippen LogP contribution in [-0.4, -0.2) is 28.7 Å². The van der Waals surface area contributed by atoms with Crippen LogP contribution in [0.2, 0.25) is 0 Å². The van der Waals surface area contributed by atoms with E-state index in [9.17, 15) is 14.4 Å². The van der Waals surface area contributed by atoms with E-state index < -0.39 is 5.91 Å². The van der Waals surface area contributed by atoms with E-state index in [1.807, 2.05) is 31.2 Å². The van der Waals surface area contributed by atoms with Gasteiger partial charge in [0.2, 0.25) is 5.91 Å². The highest BCUT2D eigenvalue weighted by atomic mass is 16.5. The highest BCUT2D eigenvalue weighted by molar-refractivity contribution is 6.04. The molecule has 154 valence electrons. The Bertz CT molecular complexity index is 1140. The summed E-state index contributed by atoms with van der Waals surface area (Å²) in [5.41, 5.74) is 2.66. The predicted molar refractivity (Wildman–Crippen MR) is 114 cm³/mol. The predicted octanol–water partition coefficient (Wildman–Crippen LogP) is 2.82. The lowest BCUT2D eigenvalue weighted by Gasteiger charge is -2.13. The number of nitrogens with one attached hydrogen (secondary N) is 2. The quantitative estimate of drug-likeness (QED) is 0.655. The normalized spacial score (nSPS) is 10.4. The molecule has 0 saturated heterocycles. The number of carbonyl (C=O) groups is 2. The lowest BCUT2D eigenvalue weighted by molar-refractivity contribution is -0.114. The van der Waals surface area contributed by atoms with Crippen LogP contribution in [0.25, 0.3) is 0 Å². The molecule has 0 saturated carbocycles. The molecule has 1 aromatic heterocycles. The van der Waals surface area contributed by atoms with Crippen molar-refractivity contribution in [2.75, 3.05) is 17.7 Å². The van der Waals surface area contributed by atoms with E-state index in [2.05, 4.69) is 15.7 Å². The van der Waals surface area contributed by atoms with E-state index in [0.717, 1.165) is 11.1 Å². The molecule has 2 N–H and O–H groups in total. The maximum Gasteiger partial charge on any atom is 0.276 e. The van der Waals surface area contributed by atoms with Crippen molar-refractivity contribution in [1.82, 2.24) is 9.78 Å². The first-order chi connectivity index (χ1) is 14.4. The van der Waals surface area contributed by atoms with Gasteiger partial charge < -0.3 is 15.4 Å². The minimum Gasteiger partial charge on any atom is -0.495 e. The third-order valence-electron chi connectivity index (χ3n) is 4.32. The molecule has 0 atom stereocenters. The number of methoxy groups -OCH3 is 1. The zero-order chi connectivity index (χ0) is 21.7. The summed E-state index contributed by atoms with van der Waals surface area (Å²) in [5.74, 6) is -0.321. The smallest absolute Gasteiger partial charge is 0.276 e. The molecule has 0 unspecified atom stereocenters. The lowest BCUT2D eigenvalue weighted by atomic mass is 10.1. The highest BCUT2D eigenvalue weighted by Gasteiger charge is 2.14. The Morgan fingerprint density at radius 2 is 1.77 bits per heavy atom. The number of benzene rings is 2. The number of carbonyl (C=O) groups excluding carboxylic acids is 2. The SMILES string of the molecule is COc1ccc(NC(C)=O)cc1NC(=O)c1ccc(=O)n(Cc2ccc(C)cc2)n1. The first-order valence-electron chi connectivity index (χ1n) is 9.26. The molecule has 3 aromatic rings. The number of amides is 2. The topological polar surface area (TPSA) is 102 Å². The summed E-state index contributed by atoms with van der Waals surface area (Å²) in [6.07, 6.45) is 0. The second-order valence-corrected chi connectivity index (χ2v) is 6.75. The molecule has 0 aliphatic carbocycles. The molecule has 0 fully saturated rings. The molecule has 3 rings (SSSR count). The Morgan fingerprint density at radius 1 is 1.03 bits per heavy atom. The van der Waals surface area contributed by atoms with E-state index in [0.29, 0.717) is 17.1 Å². The third-order valence-corrected chi connectivity index (χ3v) is 4.32. The van der Waals surface area contributed by atoms with E-state index >= 15 is 0 Å². The molecule has 0 spiro atoms. The fraction of sp³-hybridized carbons (Fsp3) is 0.182. The van der Waals surface area contributed by atoms with Crippen LogP contribution in [0, 0.1) is 6.92 Å². The van der Waals surface area contributed by atoms with Crippen LogP contribution < -0.4 is 20.9 Å². The maximum absolute atomic E-state index is 12.7. The zero-order valence-corrected chi connectivity index (χ0v) is 16.9. The van der Waals surface area contributed by atoms with Gasteiger partial charge in [0.15, 0.2) is 0 Å². The number of rotatable bonds is 6. The van der Waals surface area contributed by atoms with Gasteiger partial charge in [-0.25, -0.2) is 4.68 Å². The van der Waals surface area contributed by atoms with Gasteiger partial charge in [0, 0.05) is 18.7 Å². The van der Waals surface area contributed by atoms with Crippen molar-refractivity contribution >= 4 is 23.2 Å². The summed E-state index contributed by atoms with van der Waals surface area (Å²) in [5, 5.41) is 9.56. The zero-order valence-electron chi connectivity index (χ0n) is 16.9. The highest BCUT2D eigenvalue weighted by Crippen LogP contribution is 2.28. The Labute approximate surface area is 173 Å². The molecule has 30 heavy (non-hydrogen) atoms. The molecule has 0 aliphatic rings. The van der Waals surface area contributed by atoms with Crippen molar-refractivity contribution in [3.8, 4) is 5.75 Å². The van der Waals surface area contributed by atoms with Crippen LogP contribution in [0.15, 0.2) is 59.4 Å². The average Bonchev–Trinajstić information content (AvgIpc) is 2.71. The Kier molecular flexibility index (Phi) is 6.26. The van der Waals surface area contributed by atoms with Gasteiger partial charge in [-0.05, 0) is 36.8 Å². The van der Waals surface area contributed by atoms with Crippen molar-refractivity contribution in [2.45, 2.75) is 20.4 Å². The number of ether oxygens (including phenoxy) is 1. The van der Waals surface area contributed by atoms with Crippen LogP contribution >= 0.6 is 0 Å². The van der Waals surface area contributed by atoms with Crippen LogP contribution in [0.5, 0.6) is 5.75 Å². The summed E-state index contributed by atoms with van der Waals surface area (Å²) in [6.45, 7) is 3.62. The van der Waals surface area contributed by atoms with Crippen molar-refractivity contribution in [1.29, 1.82) is 0 Å². The van der Waals surface area contributed by atoms with Gasteiger partial charge in [0.05, 0.1) is 19.3 Å². The van der Waals surface area contributed by atoms with E-state index in [-0.39, 0.29) is 23.7 Å². The second-order valence-electron chi connectivity index (χ2n) is 6.75. The largest absolute Gasteiger partial charge is 0.495 e. The molecule has 0 bridgehead atoms. The number of hydrogen-bond acceptors (Lipinski definition) is 5. The van der Waals surface area contributed by atoms with Crippen LogP contribution in [0.1, 0.15) is 28.5 Å². The molecule has 1 heterocycles. The summed E-state index contributed by atoms with van der Waals surface area (Å²) in [6, 6.07) is 15.3. The van der Waals surface area contributed by atoms with E-state index in [1.54, 1.807) is 18.2 Å². The van der Waals surface area contributed by atoms with Gasteiger partial charge in [-0.1, -0.05) is 29.8 Å². The van der Waals surface area contributed by atoms with Crippen molar-refractivity contribution in [3.05, 3.63) is 81.8 Å². The summed E-state index contributed by atoms with van der Waals surface area (Å²) in [4.78, 5) is 36.2. The van der Waals surface area contributed by atoms with Crippen molar-refractivity contribution < 1.29 is 14.3 Å². The van der Waals surface area contributed by atoms with Gasteiger partial charge in [0.1, 0.15) is 11.4 Å². The second kappa shape index (κ2) is 9.04. The Hall–Kier alpha value is -3.94. The number of aromatic nitrogens is 2. The average molecular weight is 406 g/mol. The lowest BCUT2D eigenvalue weighted by Crippen LogP contribution is -2.26. The Balaban J connectivity index is 1.84. The van der Waals surface area contributed by atoms with Gasteiger partial charge in [-0.2, -0.15) is 5.10 Å². The summed E-state index contributed by atoms with van der Waals surface area (Å²) in [7, 11) is 1.48. The van der Waals surface area contributed by atoms with Gasteiger partial charge in [-0.15, -0.1) is 0 Å². The molecule has 0 aliphatic heterocycles. The Morgan fingerprint density at radius 3 is 2.43 bits per heavy atom. The number of aryl methyl sites for hydroxylation is 1. The van der Waals surface area contributed by atoms with Gasteiger partial charge in [-0.3, -0.25) is 14.4 Å². The van der Waals surface area contributed by atoms with Crippen LogP contribution in [0.3, 0.4) is 0 Å². The van der Waals surface area contributed by atoms with Gasteiger partial charge >= 0.3 is 0 Å². The fourth-order valence-electron chi connectivity index (χ4n) is 2.82. The van der Waals surface area contributed by atoms with Crippen LogP contribution in [0.4, 0.5) is 11.4 Å². The fourth-order valence-corrected chi connectivity index (χ4v) is 2.82. The molecular weight excluding hydrogens is 384 g/mol. The van der Waals surface area contributed by atoms with Gasteiger partial charge in [0.25, 0.3) is 11.5 Å². The minimum absolute atomic E-state index is 0.0775. The summed E-state index contributed by atoms with van der Waals surface area (Å²) < 4.78 is 6.51. The molecule has 2 amide bonds. The van der Waals surface area contributed by atoms with Crippen molar-refractivity contribution in [3.63, 3.8) is 0 Å². The first-order valence-corrected chi connectivity index (χ1v) is 9.26. The summed E-state index contributed by atoms with van der Waals surface area (Å²) >= 11 is 0. The number of hydrogen-bond donors (Lipinski definition) is 2. The minimum atomic E-state index is -0.508. The molecule has 0 radical (unpaired) electrons. The van der Waals surface area contributed by atoms with E-state index in [4.69, 9.17) is 4.74 Å². The standard InChI is InChI=1S/C22H22N4O4/c1-14-4-6-16(7-5-14)13-26-21(28)11-9-18(25-26)22(29)24-19-12-17(23-15(2)27)8-10-20(19)30-3/h4-12H,13H2,1-3H3,(H,23,27)(H,24,29). The first kappa shape index (κ1) is 20.8. The molecule has 2 aromatic carbocycles. The number of nitrogens with zero attached hydrogens (tertiary/aromatic N) is 2. The number of anilines is 2.